The van der Waals surface area contributed by atoms with Gasteiger partial charge in [-0.25, -0.2) is 10.8 Å². The highest BCUT2D eigenvalue weighted by molar-refractivity contribution is 6.37. The van der Waals surface area contributed by atoms with Gasteiger partial charge in [0.05, 0.1) is 10.0 Å². The first-order valence-corrected chi connectivity index (χ1v) is 6.41. The Morgan fingerprint density at radius 3 is 2.58 bits per heavy atom. The zero-order valence-electron chi connectivity index (χ0n) is 10.6. The Balaban J connectivity index is 2.46. The van der Waals surface area contributed by atoms with Crippen molar-refractivity contribution < 1.29 is 0 Å². The summed E-state index contributed by atoms with van der Waals surface area (Å²) < 4.78 is 0. The highest BCUT2D eigenvalue weighted by Gasteiger charge is 2.13. The first kappa shape index (κ1) is 13.9. The maximum absolute atomic E-state index is 6.19. The van der Waals surface area contributed by atoms with Crippen molar-refractivity contribution in [2.75, 3.05) is 17.4 Å². The van der Waals surface area contributed by atoms with Crippen LogP contribution >= 0.6 is 23.2 Å². The summed E-state index contributed by atoms with van der Waals surface area (Å²) in [4.78, 5) is 6.20. The third-order valence-corrected chi connectivity index (χ3v) is 3.32. The molecule has 0 atom stereocenters. The molecule has 0 bridgehead atoms. The SMILES string of the molecule is Cc1cccc(N(C)c2nc(NN)c(Cl)cc2Cl)c1. The van der Waals surface area contributed by atoms with Crippen LogP contribution in [0.4, 0.5) is 17.3 Å². The lowest BCUT2D eigenvalue weighted by molar-refractivity contribution is 1.11. The Morgan fingerprint density at radius 1 is 1.21 bits per heavy atom. The first-order chi connectivity index (χ1) is 9.02. The molecular weight excluding hydrogens is 283 g/mol. The predicted molar refractivity (Wildman–Crippen MR) is 81.3 cm³/mol. The number of hydrazine groups is 1. The number of aromatic nitrogens is 1. The van der Waals surface area contributed by atoms with Crippen molar-refractivity contribution >= 4 is 40.5 Å². The van der Waals surface area contributed by atoms with Gasteiger partial charge in [-0.05, 0) is 30.7 Å². The van der Waals surface area contributed by atoms with E-state index in [9.17, 15) is 0 Å². The fraction of sp³-hybridized carbons (Fsp3) is 0.154. The van der Waals surface area contributed by atoms with Crippen molar-refractivity contribution in [1.82, 2.24) is 4.98 Å². The molecule has 0 aliphatic heterocycles. The fourth-order valence-electron chi connectivity index (χ4n) is 1.75. The molecule has 0 amide bonds. The van der Waals surface area contributed by atoms with E-state index in [1.165, 1.54) is 0 Å². The summed E-state index contributed by atoms with van der Waals surface area (Å²) in [5.74, 6) is 6.35. The Bertz CT molecular complexity index is 601. The maximum Gasteiger partial charge on any atom is 0.161 e. The number of hydrogen-bond donors (Lipinski definition) is 2. The van der Waals surface area contributed by atoms with E-state index < -0.39 is 0 Å². The van der Waals surface area contributed by atoms with Crippen LogP contribution in [-0.4, -0.2) is 12.0 Å². The summed E-state index contributed by atoms with van der Waals surface area (Å²) in [5, 5.41) is 0.849. The number of nitrogens with two attached hydrogens (primary N) is 1. The molecule has 0 aliphatic rings. The number of hydrogen-bond acceptors (Lipinski definition) is 4. The van der Waals surface area contributed by atoms with Gasteiger partial charge >= 0.3 is 0 Å². The van der Waals surface area contributed by atoms with Gasteiger partial charge in [0.2, 0.25) is 0 Å². The molecule has 6 heteroatoms. The molecule has 0 spiro atoms. The van der Waals surface area contributed by atoms with Crippen molar-refractivity contribution in [3.8, 4) is 0 Å². The molecule has 100 valence electrons. The minimum Gasteiger partial charge on any atom is -0.328 e. The van der Waals surface area contributed by atoms with Gasteiger partial charge in [0.15, 0.2) is 11.6 Å². The van der Waals surface area contributed by atoms with E-state index in [0.717, 1.165) is 11.3 Å². The third-order valence-electron chi connectivity index (χ3n) is 2.75. The number of halogens is 2. The second kappa shape index (κ2) is 5.65. The predicted octanol–water partition coefficient (Wildman–Crippen LogP) is 3.75. The van der Waals surface area contributed by atoms with Gasteiger partial charge < -0.3 is 10.3 Å². The molecule has 0 saturated heterocycles. The molecule has 2 rings (SSSR count). The number of pyridine rings is 1. The summed E-state index contributed by atoms with van der Waals surface area (Å²) >= 11 is 12.2. The molecule has 1 heterocycles. The Morgan fingerprint density at radius 2 is 1.95 bits per heavy atom. The second-order valence-corrected chi connectivity index (χ2v) is 4.98. The second-order valence-electron chi connectivity index (χ2n) is 4.17. The molecule has 2 aromatic rings. The van der Waals surface area contributed by atoms with E-state index in [2.05, 4.69) is 10.4 Å². The topological polar surface area (TPSA) is 54.2 Å². The molecule has 0 radical (unpaired) electrons. The lowest BCUT2D eigenvalue weighted by Crippen LogP contribution is -2.15. The smallest absolute Gasteiger partial charge is 0.161 e. The van der Waals surface area contributed by atoms with Crippen molar-refractivity contribution in [1.29, 1.82) is 0 Å². The van der Waals surface area contributed by atoms with Gasteiger partial charge in [-0.3, -0.25) is 0 Å². The van der Waals surface area contributed by atoms with E-state index in [0.29, 0.717) is 21.7 Å². The van der Waals surface area contributed by atoms with Crippen LogP contribution in [0.25, 0.3) is 0 Å². The monoisotopic (exact) mass is 296 g/mol. The molecule has 1 aromatic heterocycles. The van der Waals surface area contributed by atoms with Gasteiger partial charge in [0.1, 0.15) is 0 Å². The standard InChI is InChI=1S/C13H14Cl2N4/c1-8-4-3-5-9(6-8)19(2)13-11(15)7-10(14)12(17-13)18-16/h3-7H,16H2,1-2H3,(H,17,18). The van der Waals surface area contributed by atoms with Crippen molar-refractivity contribution in [3.05, 3.63) is 45.9 Å². The van der Waals surface area contributed by atoms with E-state index >= 15 is 0 Å². The average Bonchev–Trinajstić information content (AvgIpc) is 2.38. The Kier molecular flexibility index (Phi) is 4.14. The highest BCUT2D eigenvalue weighted by Crippen LogP contribution is 2.33. The van der Waals surface area contributed by atoms with Crippen molar-refractivity contribution in [2.45, 2.75) is 6.92 Å². The molecule has 0 unspecified atom stereocenters. The quantitative estimate of drug-likeness (QED) is 0.669. The summed E-state index contributed by atoms with van der Waals surface area (Å²) in [7, 11) is 1.89. The van der Waals surface area contributed by atoms with E-state index in [1.807, 2.05) is 43.1 Å². The largest absolute Gasteiger partial charge is 0.328 e. The number of aryl methyl sites for hydroxylation is 1. The van der Waals surface area contributed by atoms with E-state index in [-0.39, 0.29) is 0 Å². The Labute approximate surface area is 122 Å². The van der Waals surface area contributed by atoms with E-state index in [1.54, 1.807) is 6.07 Å². The third kappa shape index (κ3) is 2.92. The minimum atomic E-state index is 0.383. The molecule has 4 nitrogen and oxygen atoms in total. The van der Waals surface area contributed by atoms with Crippen molar-refractivity contribution in [3.63, 3.8) is 0 Å². The molecule has 1 aromatic carbocycles. The lowest BCUT2D eigenvalue weighted by Gasteiger charge is -2.21. The fourth-order valence-corrected chi connectivity index (χ4v) is 2.29. The van der Waals surface area contributed by atoms with Crippen LogP contribution in [0.15, 0.2) is 30.3 Å². The van der Waals surface area contributed by atoms with Crippen LogP contribution in [-0.2, 0) is 0 Å². The molecule has 0 fully saturated rings. The van der Waals surface area contributed by atoms with Gasteiger partial charge in [0.25, 0.3) is 0 Å². The van der Waals surface area contributed by atoms with Crippen molar-refractivity contribution in [2.24, 2.45) is 5.84 Å². The molecule has 3 N–H and O–H groups in total. The van der Waals surface area contributed by atoms with Gasteiger partial charge in [-0.2, -0.15) is 0 Å². The summed E-state index contributed by atoms with van der Waals surface area (Å²) in [6.45, 7) is 2.03. The number of rotatable bonds is 3. The highest BCUT2D eigenvalue weighted by atomic mass is 35.5. The Hall–Kier alpha value is -1.49. The molecule has 0 aliphatic carbocycles. The van der Waals surface area contributed by atoms with Crippen LogP contribution in [0.5, 0.6) is 0 Å². The molecule has 0 saturated carbocycles. The first-order valence-electron chi connectivity index (χ1n) is 5.66. The normalized spacial score (nSPS) is 10.4. The maximum atomic E-state index is 6.19. The zero-order chi connectivity index (χ0) is 14.0. The number of benzene rings is 1. The van der Waals surface area contributed by atoms with E-state index in [4.69, 9.17) is 29.0 Å². The summed E-state index contributed by atoms with van der Waals surface area (Å²) in [6.07, 6.45) is 0. The molecular formula is C13H14Cl2N4. The lowest BCUT2D eigenvalue weighted by atomic mass is 10.2. The number of nitrogens with zero attached hydrogens (tertiary/aromatic N) is 2. The molecule has 19 heavy (non-hydrogen) atoms. The van der Waals surface area contributed by atoms with Crippen LogP contribution in [0.3, 0.4) is 0 Å². The number of nitrogens with one attached hydrogen (secondary N) is 1. The zero-order valence-corrected chi connectivity index (χ0v) is 12.1. The van der Waals surface area contributed by atoms with Gasteiger partial charge in [0, 0.05) is 12.7 Å². The van der Waals surface area contributed by atoms with Gasteiger partial charge in [-0.1, -0.05) is 35.3 Å². The number of nitrogen functional groups attached to an aromatic ring is 1. The average molecular weight is 297 g/mol. The minimum absolute atomic E-state index is 0.383. The summed E-state index contributed by atoms with van der Waals surface area (Å²) in [5.41, 5.74) is 4.60. The van der Waals surface area contributed by atoms with Crippen LogP contribution in [0.2, 0.25) is 10.0 Å². The summed E-state index contributed by atoms with van der Waals surface area (Å²) in [6, 6.07) is 9.65. The van der Waals surface area contributed by atoms with Crippen LogP contribution in [0, 0.1) is 6.92 Å². The van der Waals surface area contributed by atoms with Crippen LogP contribution in [0.1, 0.15) is 5.56 Å². The van der Waals surface area contributed by atoms with Crippen LogP contribution < -0.4 is 16.2 Å². The number of anilines is 3. The van der Waals surface area contributed by atoms with Gasteiger partial charge in [-0.15, -0.1) is 0 Å².